The highest BCUT2D eigenvalue weighted by molar-refractivity contribution is 9.10. The van der Waals surface area contributed by atoms with Crippen molar-refractivity contribution in [3.05, 3.63) is 33.2 Å². The molecule has 0 radical (unpaired) electrons. The average molecular weight is 398 g/mol. The molecule has 2 aromatic rings. The van der Waals surface area contributed by atoms with Gasteiger partial charge in [-0.05, 0) is 40.0 Å². The van der Waals surface area contributed by atoms with E-state index in [1.165, 1.54) is 16.9 Å². The first-order chi connectivity index (χ1) is 11.0. The number of aromatic nitrogens is 2. The molecule has 0 aliphatic rings. The summed E-state index contributed by atoms with van der Waals surface area (Å²) >= 11 is 4.86. The molecule has 1 aromatic heterocycles. The molecular formula is C16H20BrN3O2S. The topological polar surface area (TPSA) is 64.1 Å². The first-order valence-corrected chi connectivity index (χ1v) is 9.15. The summed E-state index contributed by atoms with van der Waals surface area (Å²) in [4.78, 5) is 11.9. The highest BCUT2D eigenvalue weighted by Gasteiger charge is 2.11. The van der Waals surface area contributed by atoms with Crippen molar-refractivity contribution in [3.8, 4) is 5.75 Å². The molecule has 0 atom stereocenters. The molecule has 1 N–H and O–H groups in total. The molecule has 0 unspecified atom stereocenters. The Hall–Kier alpha value is -1.47. The molecule has 2 rings (SSSR count). The van der Waals surface area contributed by atoms with Gasteiger partial charge in [-0.2, -0.15) is 0 Å². The van der Waals surface area contributed by atoms with Crippen LogP contribution in [0.1, 0.15) is 43.7 Å². The van der Waals surface area contributed by atoms with Crippen molar-refractivity contribution in [2.75, 3.05) is 11.9 Å². The van der Waals surface area contributed by atoms with E-state index in [4.69, 9.17) is 4.74 Å². The maximum Gasteiger partial charge on any atom is 0.264 e. The molecule has 0 saturated heterocycles. The number of halogens is 1. The third-order valence-electron chi connectivity index (χ3n) is 3.07. The molecule has 1 aromatic carbocycles. The lowest BCUT2D eigenvalue weighted by atomic mass is 10.1. The number of benzene rings is 1. The second-order valence-electron chi connectivity index (χ2n) is 5.45. The fraction of sp³-hybridized carbons (Fsp3) is 0.438. The van der Waals surface area contributed by atoms with Crippen LogP contribution in [-0.2, 0) is 11.2 Å². The van der Waals surface area contributed by atoms with Crippen LogP contribution >= 0.6 is 27.3 Å². The predicted molar refractivity (Wildman–Crippen MR) is 96.3 cm³/mol. The molecule has 7 heteroatoms. The van der Waals surface area contributed by atoms with Gasteiger partial charge in [0, 0.05) is 5.92 Å². The quantitative estimate of drug-likeness (QED) is 0.751. The van der Waals surface area contributed by atoms with Gasteiger partial charge in [-0.25, -0.2) is 0 Å². The zero-order valence-corrected chi connectivity index (χ0v) is 15.8. The molecule has 0 saturated carbocycles. The summed E-state index contributed by atoms with van der Waals surface area (Å²) in [7, 11) is 0. The monoisotopic (exact) mass is 397 g/mol. The summed E-state index contributed by atoms with van der Waals surface area (Å²) in [6, 6.07) is 5.92. The van der Waals surface area contributed by atoms with Crippen LogP contribution in [0.4, 0.5) is 5.13 Å². The van der Waals surface area contributed by atoms with Crippen molar-refractivity contribution in [3.63, 3.8) is 0 Å². The molecule has 124 valence electrons. The molecule has 5 nitrogen and oxygen atoms in total. The van der Waals surface area contributed by atoms with E-state index in [1.54, 1.807) is 0 Å². The number of nitrogens with one attached hydrogen (secondary N) is 1. The summed E-state index contributed by atoms with van der Waals surface area (Å²) in [6.45, 7) is 6.15. The second-order valence-corrected chi connectivity index (χ2v) is 7.32. The minimum Gasteiger partial charge on any atom is -0.483 e. The number of carbonyl (C=O) groups excluding carboxylic acids is 1. The van der Waals surface area contributed by atoms with Crippen LogP contribution in [-0.4, -0.2) is 22.7 Å². The third kappa shape index (κ3) is 5.28. The van der Waals surface area contributed by atoms with E-state index >= 15 is 0 Å². The van der Waals surface area contributed by atoms with Crippen LogP contribution in [0.15, 0.2) is 22.7 Å². The molecule has 0 aliphatic carbocycles. The summed E-state index contributed by atoms with van der Waals surface area (Å²) in [5, 5.41) is 12.1. The third-order valence-corrected chi connectivity index (χ3v) is 4.83. The number of ether oxygens (including phenoxy) is 1. The average Bonchev–Trinajstić information content (AvgIpc) is 2.95. The Morgan fingerprint density at radius 2 is 2.17 bits per heavy atom. The van der Waals surface area contributed by atoms with Crippen molar-refractivity contribution < 1.29 is 9.53 Å². The van der Waals surface area contributed by atoms with Crippen molar-refractivity contribution in [1.82, 2.24) is 10.2 Å². The van der Waals surface area contributed by atoms with Crippen LogP contribution in [0.5, 0.6) is 5.75 Å². The van der Waals surface area contributed by atoms with E-state index in [9.17, 15) is 4.79 Å². The zero-order chi connectivity index (χ0) is 16.8. The van der Waals surface area contributed by atoms with Crippen molar-refractivity contribution in [2.45, 2.75) is 39.5 Å². The van der Waals surface area contributed by atoms with E-state index in [0.717, 1.165) is 22.3 Å². The second kappa shape index (κ2) is 8.40. The first kappa shape index (κ1) is 17.9. The molecular weight excluding hydrogens is 378 g/mol. The van der Waals surface area contributed by atoms with E-state index in [-0.39, 0.29) is 12.5 Å². The number of anilines is 1. The number of rotatable bonds is 7. The van der Waals surface area contributed by atoms with Gasteiger partial charge in [0.25, 0.3) is 5.91 Å². The molecule has 1 amide bonds. The lowest BCUT2D eigenvalue weighted by Crippen LogP contribution is -2.20. The minimum atomic E-state index is -0.249. The van der Waals surface area contributed by atoms with Gasteiger partial charge in [0.1, 0.15) is 10.8 Å². The van der Waals surface area contributed by atoms with Crippen LogP contribution in [0.25, 0.3) is 0 Å². The Kier molecular flexibility index (Phi) is 6.53. The predicted octanol–water partition coefficient (Wildman–Crippen LogP) is 4.39. The number of carbonyl (C=O) groups is 1. The fourth-order valence-corrected chi connectivity index (χ4v) is 3.23. The lowest BCUT2D eigenvalue weighted by Gasteiger charge is -2.09. The van der Waals surface area contributed by atoms with Gasteiger partial charge in [0.2, 0.25) is 5.13 Å². The fourth-order valence-electron chi connectivity index (χ4n) is 1.92. The highest BCUT2D eigenvalue weighted by atomic mass is 79.9. The molecule has 1 heterocycles. The summed E-state index contributed by atoms with van der Waals surface area (Å²) < 4.78 is 6.41. The molecule has 0 bridgehead atoms. The van der Waals surface area contributed by atoms with E-state index in [2.05, 4.69) is 38.4 Å². The Labute approximate surface area is 148 Å². The first-order valence-electron chi connectivity index (χ1n) is 7.54. The van der Waals surface area contributed by atoms with Crippen LogP contribution in [0.3, 0.4) is 0 Å². The smallest absolute Gasteiger partial charge is 0.264 e. The van der Waals surface area contributed by atoms with Gasteiger partial charge in [-0.3, -0.25) is 10.1 Å². The van der Waals surface area contributed by atoms with Crippen molar-refractivity contribution in [1.29, 1.82) is 0 Å². The van der Waals surface area contributed by atoms with Crippen molar-refractivity contribution >= 4 is 38.3 Å². The Morgan fingerprint density at radius 3 is 2.78 bits per heavy atom. The summed E-state index contributed by atoms with van der Waals surface area (Å²) in [6.07, 6.45) is 2.11. The number of hydrogen-bond acceptors (Lipinski definition) is 5. The number of nitrogens with zero attached hydrogens (tertiary/aromatic N) is 2. The van der Waals surface area contributed by atoms with Gasteiger partial charge >= 0.3 is 0 Å². The van der Waals surface area contributed by atoms with Crippen molar-refractivity contribution in [2.24, 2.45) is 0 Å². The lowest BCUT2D eigenvalue weighted by molar-refractivity contribution is -0.118. The van der Waals surface area contributed by atoms with Gasteiger partial charge < -0.3 is 4.74 Å². The molecule has 0 spiro atoms. The molecule has 23 heavy (non-hydrogen) atoms. The Balaban J connectivity index is 1.88. The van der Waals surface area contributed by atoms with Gasteiger partial charge in [-0.1, -0.05) is 44.6 Å². The Bertz CT molecular complexity index is 673. The molecule has 0 fully saturated rings. The normalized spacial score (nSPS) is 10.8. The highest BCUT2D eigenvalue weighted by Crippen LogP contribution is 2.27. The zero-order valence-electron chi connectivity index (χ0n) is 13.4. The van der Waals surface area contributed by atoms with Gasteiger partial charge in [-0.15, -0.1) is 10.2 Å². The minimum absolute atomic E-state index is 0.0671. The maximum absolute atomic E-state index is 11.9. The van der Waals surface area contributed by atoms with E-state index in [0.29, 0.717) is 16.8 Å². The maximum atomic E-state index is 11.9. The van der Waals surface area contributed by atoms with Gasteiger partial charge in [0.05, 0.1) is 4.47 Å². The van der Waals surface area contributed by atoms with Gasteiger partial charge in [0.15, 0.2) is 6.61 Å². The number of aryl methyl sites for hydroxylation is 1. The van der Waals surface area contributed by atoms with E-state index < -0.39 is 0 Å². The largest absolute Gasteiger partial charge is 0.483 e. The SMILES string of the molecule is CCCc1ccc(OCC(=O)Nc2nnc(C(C)C)s2)c(Br)c1. The standard InChI is InChI=1S/C16H20BrN3O2S/c1-4-5-11-6-7-13(12(17)8-11)22-9-14(21)18-16-20-19-15(23-16)10(2)3/h6-8,10H,4-5,9H2,1-3H3,(H,18,20,21). The van der Waals surface area contributed by atoms with Crippen LogP contribution in [0.2, 0.25) is 0 Å². The van der Waals surface area contributed by atoms with Crippen LogP contribution < -0.4 is 10.1 Å². The van der Waals surface area contributed by atoms with E-state index in [1.807, 2.05) is 32.0 Å². The Morgan fingerprint density at radius 1 is 1.39 bits per heavy atom. The number of amides is 1. The summed E-state index contributed by atoms with van der Waals surface area (Å²) in [5.41, 5.74) is 1.24. The number of hydrogen-bond donors (Lipinski definition) is 1. The van der Waals surface area contributed by atoms with Crippen LogP contribution in [0, 0.1) is 0 Å². The summed E-state index contributed by atoms with van der Waals surface area (Å²) in [5.74, 6) is 0.702. The molecule has 0 aliphatic heterocycles.